The highest BCUT2D eigenvalue weighted by molar-refractivity contribution is 6.27. The van der Waals surface area contributed by atoms with Crippen molar-refractivity contribution in [3.8, 4) is 6.07 Å². The summed E-state index contributed by atoms with van der Waals surface area (Å²) in [7, 11) is 0. The smallest absolute Gasteiger partial charge is 0.259 e. The van der Waals surface area contributed by atoms with E-state index in [0.29, 0.717) is 55.1 Å². The predicted octanol–water partition coefficient (Wildman–Crippen LogP) is 4.53. The van der Waals surface area contributed by atoms with E-state index in [0.717, 1.165) is 21.9 Å². The summed E-state index contributed by atoms with van der Waals surface area (Å²) in [6.07, 6.45) is 1.02. The van der Waals surface area contributed by atoms with Crippen LogP contribution in [0.3, 0.4) is 0 Å². The van der Waals surface area contributed by atoms with Crippen LogP contribution in [-0.2, 0) is 22.5 Å². The number of rotatable bonds is 6. The number of anilines is 2. The molecule has 0 aromatic heterocycles. The average molecular weight is 590 g/mol. The first kappa shape index (κ1) is 25.4. The third-order valence-electron chi connectivity index (χ3n) is 8.67. The largest absolute Gasteiger partial charge is 0.367 e. The van der Waals surface area contributed by atoms with E-state index in [1.807, 2.05) is 47.4 Å². The van der Waals surface area contributed by atoms with Gasteiger partial charge in [-0.2, -0.15) is 5.26 Å². The molecule has 0 spiro atoms. The molecule has 1 unspecified atom stereocenters. The topological polar surface area (TPSA) is 96.8 Å². The number of carbonyl (C=O) groups is 3. The van der Waals surface area contributed by atoms with Crippen molar-refractivity contribution in [1.29, 1.82) is 5.26 Å². The molecule has 7 rings (SSSR count). The molecule has 4 aromatic rings. The summed E-state index contributed by atoms with van der Waals surface area (Å²) in [5, 5.41) is 13.1. The minimum atomic E-state index is -1.73. The molecule has 3 amide bonds. The summed E-state index contributed by atoms with van der Waals surface area (Å²) in [4.78, 5) is 43.0. The normalized spacial score (nSPS) is 19.5. The van der Waals surface area contributed by atoms with Gasteiger partial charge in [0.25, 0.3) is 5.91 Å². The van der Waals surface area contributed by atoms with Crippen molar-refractivity contribution in [3.05, 3.63) is 106 Å². The van der Waals surface area contributed by atoms with E-state index >= 15 is 0 Å². The fourth-order valence-electron chi connectivity index (χ4n) is 6.45. The lowest BCUT2D eigenvalue weighted by Gasteiger charge is -2.36. The van der Waals surface area contributed by atoms with Crippen LogP contribution in [0.1, 0.15) is 48.2 Å². The van der Waals surface area contributed by atoms with Gasteiger partial charge in [-0.3, -0.25) is 29.5 Å². The molecule has 1 atom stereocenters. The van der Waals surface area contributed by atoms with Crippen molar-refractivity contribution in [2.45, 2.75) is 31.8 Å². The zero-order valence-corrected chi connectivity index (χ0v) is 23.8. The molecule has 2 saturated heterocycles. The fraction of sp³-hybridized carbons (Fsp3) is 0.257. The second-order valence-electron chi connectivity index (χ2n) is 11.4. The molecule has 0 saturated carbocycles. The van der Waals surface area contributed by atoms with E-state index in [4.69, 9.17) is 8.00 Å². The Bertz CT molecular complexity index is 1950. The minimum absolute atomic E-state index is 0.181. The number of hydrogen-bond donors (Lipinski definition) is 1. The van der Waals surface area contributed by atoms with Crippen LogP contribution in [-0.4, -0.2) is 54.8 Å². The summed E-state index contributed by atoms with van der Waals surface area (Å²) in [5.41, 5.74) is 4.39. The lowest BCUT2D eigenvalue weighted by molar-refractivity contribution is -0.134. The van der Waals surface area contributed by atoms with Gasteiger partial charge in [0, 0.05) is 52.8 Å². The minimum Gasteiger partial charge on any atom is -0.367 e. The number of hydrogen-bond acceptors (Lipinski definition) is 6. The van der Waals surface area contributed by atoms with Gasteiger partial charge in [0.05, 0.1) is 23.0 Å². The second kappa shape index (κ2) is 11.2. The first-order chi connectivity index (χ1) is 22.2. The maximum atomic E-state index is 14.6. The fourth-order valence-corrected chi connectivity index (χ4v) is 6.45. The van der Waals surface area contributed by atoms with Gasteiger partial charge >= 0.3 is 0 Å². The van der Waals surface area contributed by atoms with Gasteiger partial charge < -0.3 is 4.90 Å². The van der Waals surface area contributed by atoms with Crippen LogP contribution in [0.5, 0.6) is 0 Å². The Morgan fingerprint density at radius 1 is 0.932 bits per heavy atom. The standard InChI is InChI=1S/C35H30FN5O3/c36-28-19-24(20-37)8-10-29(28)40-16-14-39(15-17-40)21-23-6-4-22(5-7-23)18-25-9-11-30-33-26(25)2-1-3-27(33)35(44)41(30)31-12-13-32(42)38-34(31)43/h1-11,19,31H,12-18,21H2,(H,38,42,43)/i21D2. The maximum absolute atomic E-state index is 14.6. The van der Waals surface area contributed by atoms with E-state index < -0.39 is 24.3 Å². The van der Waals surface area contributed by atoms with E-state index in [9.17, 15) is 18.8 Å². The lowest BCUT2D eigenvalue weighted by Crippen LogP contribution is -2.53. The molecule has 1 N–H and O–H groups in total. The van der Waals surface area contributed by atoms with Gasteiger partial charge in [-0.25, -0.2) is 4.39 Å². The third kappa shape index (κ3) is 4.97. The number of halogens is 1. The van der Waals surface area contributed by atoms with Gasteiger partial charge in [-0.05, 0) is 65.3 Å². The quantitative estimate of drug-likeness (QED) is 0.332. The van der Waals surface area contributed by atoms with Crippen LogP contribution < -0.4 is 15.1 Å². The van der Waals surface area contributed by atoms with E-state index in [2.05, 4.69) is 5.32 Å². The van der Waals surface area contributed by atoms with Crippen LogP contribution >= 0.6 is 0 Å². The molecule has 0 radical (unpaired) electrons. The number of nitrogens with one attached hydrogen (secondary N) is 1. The Morgan fingerprint density at radius 2 is 1.68 bits per heavy atom. The SMILES string of the molecule is [2H]C([2H])(c1ccc(Cc2ccc3c4c(cccc24)C(=O)N3C2CCC(=O)NC2=O)cc1)N1CCN(c2ccc(C#N)cc2F)CC1. The number of nitrogens with zero attached hydrogens (tertiary/aromatic N) is 4. The van der Waals surface area contributed by atoms with Crippen LogP contribution in [0.25, 0.3) is 10.8 Å². The summed E-state index contributed by atoms with van der Waals surface area (Å²) in [5.74, 6) is -1.49. The molecule has 3 heterocycles. The van der Waals surface area contributed by atoms with Crippen molar-refractivity contribution in [2.24, 2.45) is 0 Å². The van der Waals surface area contributed by atoms with Crippen molar-refractivity contribution in [3.63, 3.8) is 0 Å². The van der Waals surface area contributed by atoms with Crippen molar-refractivity contribution >= 4 is 39.9 Å². The van der Waals surface area contributed by atoms with E-state index in [1.165, 1.54) is 11.0 Å². The van der Waals surface area contributed by atoms with Gasteiger partial charge in [-0.1, -0.05) is 42.5 Å². The second-order valence-corrected chi connectivity index (χ2v) is 11.4. The van der Waals surface area contributed by atoms with Gasteiger partial charge in [-0.15, -0.1) is 0 Å². The van der Waals surface area contributed by atoms with Crippen LogP contribution in [0.4, 0.5) is 15.8 Å². The molecule has 44 heavy (non-hydrogen) atoms. The summed E-state index contributed by atoms with van der Waals surface area (Å²) in [6, 6.07) is 22.4. The number of imide groups is 1. The highest BCUT2D eigenvalue weighted by Gasteiger charge is 2.40. The molecule has 8 nitrogen and oxygen atoms in total. The van der Waals surface area contributed by atoms with Crippen LogP contribution in [0.2, 0.25) is 0 Å². The average Bonchev–Trinajstić information content (AvgIpc) is 3.34. The highest BCUT2D eigenvalue weighted by Crippen LogP contribution is 2.41. The van der Waals surface area contributed by atoms with Crippen LogP contribution in [0, 0.1) is 17.1 Å². The number of nitriles is 1. The lowest BCUT2D eigenvalue weighted by atomic mass is 9.95. The maximum Gasteiger partial charge on any atom is 0.259 e. The zero-order valence-electron chi connectivity index (χ0n) is 25.8. The molecule has 3 aliphatic heterocycles. The number of carbonyl (C=O) groups excluding carboxylic acids is 3. The Balaban J connectivity index is 1.07. The van der Waals surface area contributed by atoms with Crippen molar-refractivity contribution in [1.82, 2.24) is 10.2 Å². The third-order valence-corrected chi connectivity index (χ3v) is 8.67. The highest BCUT2D eigenvalue weighted by atomic mass is 19.1. The van der Waals surface area contributed by atoms with Crippen molar-refractivity contribution < 1.29 is 21.5 Å². The first-order valence-corrected chi connectivity index (χ1v) is 14.7. The molecule has 3 aliphatic rings. The Morgan fingerprint density at radius 3 is 2.41 bits per heavy atom. The van der Waals surface area contributed by atoms with Gasteiger partial charge in [0.2, 0.25) is 11.8 Å². The zero-order chi connectivity index (χ0) is 32.2. The Labute approximate surface area is 257 Å². The molecule has 0 bridgehead atoms. The summed E-state index contributed by atoms with van der Waals surface area (Å²) in [6.45, 7) is -0.00752. The molecular formula is C35H30FN5O3. The molecule has 9 heteroatoms. The summed E-state index contributed by atoms with van der Waals surface area (Å²) >= 11 is 0. The number of amides is 3. The molecule has 2 fully saturated rings. The summed E-state index contributed by atoms with van der Waals surface area (Å²) < 4.78 is 32.4. The molecule has 220 valence electrons. The number of piperazine rings is 1. The molecule has 0 aliphatic carbocycles. The Kier molecular flexibility index (Phi) is 6.48. The molecule has 4 aromatic carbocycles. The van der Waals surface area contributed by atoms with Gasteiger partial charge in [0.1, 0.15) is 11.9 Å². The first-order valence-electron chi connectivity index (χ1n) is 15.7. The number of piperidine rings is 1. The van der Waals surface area contributed by atoms with E-state index in [-0.39, 0.29) is 30.2 Å². The monoisotopic (exact) mass is 589 g/mol. The van der Waals surface area contributed by atoms with Crippen molar-refractivity contribution in [2.75, 3.05) is 36.0 Å². The van der Waals surface area contributed by atoms with Gasteiger partial charge in [0.15, 0.2) is 0 Å². The molecular weight excluding hydrogens is 557 g/mol. The van der Waals surface area contributed by atoms with Crippen LogP contribution in [0.15, 0.2) is 72.8 Å². The number of benzene rings is 4. The Hall–Kier alpha value is -5.07. The van der Waals surface area contributed by atoms with E-state index in [1.54, 1.807) is 35.2 Å². The predicted molar refractivity (Wildman–Crippen MR) is 165 cm³/mol.